The minimum absolute atomic E-state index is 0.0385. The van der Waals surface area contributed by atoms with Crippen molar-refractivity contribution in [2.45, 2.75) is 113 Å². The number of Topliss-reactive ketones (excluding diaryl/α,β-unsaturated/α-hetero) is 1. The zero-order chi connectivity index (χ0) is 28.6. The summed E-state index contributed by atoms with van der Waals surface area (Å²) in [6, 6.07) is 2.32. The SMILES string of the molecule is CCNC(=O)CC[C@]12CCC(C)(C)CC1C1C(=O)C=C3[C@@]4(C)CC(C#N)C(=O)[C@@H](C)[C@@H]4CC[C@@]3(C)[C@]1(C)CC2. The number of carbonyl (C=O) groups excluding carboxylic acids is 3. The van der Waals surface area contributed by atoms with Crippen LogP contribution in [0.3, 0.4) is 0 Å². The van der Waals surface area contributed by atoms with Gasteiger partial charge in [-0.05, 0) is 110 Å². The lowest BCUT2D eigenvalue weighted by molar-refractivity contribution is -0.175. The Bertz CT molecular complexity index is 1150. The molecule has 39 heavy (non-hydrogen) atoms. The molecule has 5 aliphatic rings. The number of nitrogens with zero attached hydrogens (tertiary/aromatic N) is 1. The third-order valence-electron chi connectivity index (χ3n) is 13.3. The van der Waals surface area contributed by atoms with Crippen LogP contribution in [-0.4, -0.2) is 24.0 Å². The lowest BCUT2D eigenvalue weighted by Crippen LogP contribution is -2.64. The van der Waals surface area contributed by atoms with Gasteiger partial charge in [0, 0.05) is 24.8 Å². The first-order valence-electron chi connectivity index (χ1n) is 15.6. The van der Waals surface area contributed by atoms with Gasteiger partial charge in [0.2, 0.25) is 5.91 Å². The van der Waals surface area contributed by atoms with Crippen LogP contribution >= 0.6 is 0 Å². The van der Waals surface area contributed by atoms with Crippen LogP contribution in [-0.2, 0) is 14.4 Å². The molecule has 1 N–H and O–H groups in total. The highest BCUT2D eigenvalue weighted by Gasteiger charge is 2.69. The molecule has 5 heteroatoms. The zero-order valence-corrected chi connectivity index (χ0v) is 25.4. The number of amides is 1. The fourth-order valence-corrected chi connectivity index (χ4v) is 10.9. The molecule has 9 atom stereocenters. The van der Waals surface area contributed by atoms with Crippen molar-refractivity contribution in [3.8, 4) is 6.07 Å². The first-order valence-corrected chi connectivity index (χ1v) is 15.6. The molecule has 0 aliphatic heterocycles. The molecule has 0 radical (unpaired) electrons. The van der Waals surface area contributed by atoms with E-state index in [-0.39, 0.29) is 68.2 Å². The van der Waals surface area contributed by atoms with Gasteiger partial charge in [-0.25, -0.2) is 0 Å². The van der Waals surface area contributed by atoms with E-state index in [4.69, 9.17) is 0 Å². The van der Waals surface area contributed by atoms with Crippen LogP contribution in [0.25, 0.3) is 0 Å². The van der Waals surface area contributed by atoms with Crippen molar-refractivity contribution < 1.29 is 14.4 Å². The van der Waals surface area contributed by atoms with Crippen molar-refractivity contribution in [3.63, 3.8) is 0 Å². The van der Waals surface area contributed by atoms with E-state index in [1.807, 2.05) is 19.9 Å². The number of carbonyl (C=O) groups is 3. The highest BCUT2D eigenvalue weighted by molar-refractivity contribution is 5.96. The van der Waals surface area contributed by atoms with Gasteiger partial charge in [-0.3, -0.25) is 14.4 Å². The molecule has 0 heterocycles. The van der Waals surface area contributed by atoms with Crippen LogP contribution in [0.1, 0.15) is 113 Å². The standard InChI is InChI=1S/C34H50N2O3/c1-8-36-27(38)10-12-34-15-13-30(3,4)19-24(34)28-25(37)17-26-31(5)18-22(20-35)29(39)21(2)23(31)9-11-32(26,6)33(28,7)14-16-34/h17,21-24,28H,8-16,18-19H2,1-7H3,(H,36,38)/t21-,22?,23-,24?,28?,31-,32+,33+,34+/m0/s1. The average Bonchev–Trinajstić information content (AvgIpc) is 2.87. The summed E-state index contributed by atoms with van der Waals surface area (Å²) < 4.78 is 0. The molecule has 0 aromatic heterocycles. The highest BCUT2D eigenvalue weighted by atomic mass is 16.1. The average molecular weight is 535 g/mol. The summed E-state index contributed by atoms with van der Waals surface area (Å²) in [6.07, 6.45) is 11.3. The first kappa shape index (κ1) is 28.6. The summed E-state index contributed by atoms with van der Waals surface area (Å²) in [7, 11) is 0. The van der Waals surface area contributed by atoms with Gasteiger partial charge in [0.15, 0.2) is 11.6 Å². The van der Waals surface area contributed by atoms with Crippen LogP contribution < -0.4 is 5.32 Å². The lowest BCUT2D eigenvalue weighted by Gasteiger charge is -2.69. The molecule has 3 unspecified atom stereocenters. The zero-order valence-electron chi connectivity index (χ0n) is 25.4. The second kappa shape index (κ2) is 9.28. The monoisotopic (exact) mass is 534 g/mol. The smallest absolute Gasteiger partial charge is 0.220 e. The molecule has 0 bridgehead atoms. The molecule has 0 spiro atoms. The van der Waals surface area contributed by atoms with Gasteiger partial charge >= 0.3 is 0 Å². The predicted octanol–water partition coefficient (Wildman–Crippen LogP) is 6.81. The molecular weight excluding hydrogens is 484 g/mol. The summed E-state index contributed by atoms with van der Waals surface area (Å²) >= 11 is 0. The Hall–Kier alpha value is -1.96. The van der Waals surface area contributed by atoms with E-state index < -0.39 is 5.92 Å². The normalized spacial score (nSPS) is 46.5. The second-order valence-electron chi connectivity index (χ2n) is 15.6. The topological polar surface area (TPSA) is 87.0 Å². The Labute approximate surface area is 235 Å². The quantitative estimate of drug-likeness (QED) is 0.429. The van der Waals surface area contributed by atoms with Crippen LogP contribution in [0, 0.1) is 68.0 Å². The third-order valence-corrected chi connectivity index (χ3v) is 13.3. The fourth-order valence-electron chi connectivity index (χ4n) is 10.9. The summed E-state index contributed by atoms with van der Waals surface area (Å²) in [5.74, 6) is 0.195. The maximum atomic E-state index is 14.5. The molecule has 0 aromatic carbocycles. The molecule has 1 amide bonds. The van der Waals surface area contributed by atoms with Crippen LogP contribution in [0.2, 0.25) is 0 Å². The predicted molar refractivity (Wildman–Crippen MR) is 152 cm³/mol. The number of nitrogens with one attached hydrogen (secondary N) is 1. The van der Waals surface area contributed by atoms with Gasteiger partial charge in [-0.2, -0.15) is 5.26 Å². The Morgan fingerprint density at radius 1 is 1.03 bits per heavy atom. The van der Waals surface area contributed by atoms with E-state index in [9.17, 15) is 19.6 Å². The number of allylic oxidation sites excluding steroid dienone is 2. The second-order valence-corrected chi connectivity index (χ2v) is 15.6. The minimum Gasteiger partial charge on any atom is -0.356 e. The molecule has 0 aromatic rings. The van der Waals surface area contributed by atoms with E-state index in [2.05, 4.69) is 46.0 Å². The number of hydrogen-bond donors (Lipinski definition) is 1. The summed E-state index contributed by atoms with van der Waals surface area (Å²) in [5.41, 5.74) is 0.863. The van der Waals surface area contributed by atoms with Gasteiger partial charge in [0.25, 0.3) is 0 Å². The number of fused-ring (bicyclic) bond motifs is 7. The molecule has 4 fully saturated rings. The van der Waals surface area contributed by atoms with Crippen molar-refractivity contribution >= 4 is 17.5 Å². The van der Waals surface area contributed by atoms with E-state index in [1.165, 1.54) is 5.57 Å². The molecule has 5 aliphatic carbocycles. The van der Waals surface area contributed by atoms with Crippen molar-refractivity contribution in [3.05, 3.63) is 11.6 Å². The summed E-state index contributed by atoms with van der Waals surface area (Å²) in [6.45, 7) is 16.4. The van der Waals surface area contributed by atoms with Gasteiger partial charge < -0.3 is 5.32 Å². The number of rotatable bonds is 4. The molecule has 5 nitrogen and oxygen atoms in total. The molecule has 214 valence electrons. The fraction of sp³-hybridized carbons (Fsp3) is 0.824. The van der Waals surface area contributed by atoms with Crippen molar-refractivity contribution in [1.82, 2.24) is 5.32 Å². The Kier molecular flexibility index (Phi) is 6.80. The van der Waals surface area contributed by atoms with E-state index in [0.717, 1.165) is 51.4 Å². The molecule has 4 saturated carbocycles. The largest absolute Gasteiger partial charge is 0.356 e. The van der Waals surface area contributed by atoms with Gasteiger partial charge in [-0.1, -0.05) is 47.1 Å². The minimum atomic E-state index is -0.586. The summed E-state index contributed by atoms with van der Waals surface area (Å²) in [5, 5.41) is 12.9. The van der Waals surface area contributed by atoms with Crippen LogP contribution in [0.4, 0.5) is 0 Å². The number of hydrogen-bond acceptors (Lipinski definition) is 4. The van der Waals surface area contributed by atoms with Gasteiger partial charge in [0.1, 0.15) is 5.92 Å². The Morgan fingerprint density at radius 2 is 1.72 bits per heavy atom. The first-order chi connectivity index (χ1) is 18.2. The molecule has 5 rings (SSSR count). The maximum absolute atomic E-state index is 14.5. The van der Waals surface area contributed by atoms with Gasteiger partial charge in [0.05, 0.1) is 6.07 Å². The van der Waals surface area contributed by atoms with Crippen LogP contribution in [0.15, 0.2) is 11.6 Å². The van der Waals surface area contributed by atoms with E-state index >= 15 is 0 Å². The molecular formula is C34H50N2O3. The maximum Gasteiger partial charge on any atom is 0.220 e. The molecule has 0 saturated heterocycles. The van der Waals surface area contributed by atoms with Crippen molar-refractivity contribution in [2.24, 2.45) is 56.7 Å². The Morgan fingerprint density at radius 3 is 2.38 bits per heavy atom. The Balaban J connectivity index is 1.58. The summed E-state index contributed by atoms with van der Waals surface area (Å²) in [4.78, 5) is 40.1. The third kappa shape index (κ3) is 4.01. The van der Waals surface area contributed by atoms with E-state index in [0.29, 0.717) is 19.4 Å². The van der Waals surface area contributed by atoms with Crippen molar-refractivity contribution in [2.75, 3.05) is 6.54 Å². The van der Waals surface area contributed by atoms with Crippen LogP contribution in [0.5, 0.6) is 0 Å². The van der Waals surface area contributed by atoms with E-state index in [1.54, 1.807) is 0 Å². The van der Waals surface area contributed by atoms with Gasteiger partial charge in [-0.15, -0.1) is 0 Å². The number of ketones is 2. The number of nitriles is 1. The highest BCUT2D eigenvalue weighted by Crippen LogP contribution is 2.74. The lowest BCUT2D eigenvalue weighted by atomic mass is 9.34. The van der Waals surface area contributed by atoms with Crippen molar-refractivity contribution in [1.29, 1.82) is 5.26 Å².